The van der Waals surface area contributed by atoms with Crippen molar-refractivity contribution in [3.8, 4) is 5.75 Å². The second-order valence-corrected chi connectivity index (χ2v) is 4.62. The Balaban J connectivity index is 2.11. The smallest absolute Gasteiger partial charge is 0.335 e. The van der Waals surface area contributed by atoms with Gasteiger partial charge >= 0.3 is 5.97 Å². The second kappa shape index (κ2) is 6.44. The molecular formula is C12H14NO9-. The van der Waals surface area contributed by atoms with Gasteiger partial charge in [-0.25, -0.2) is 4.79 Å². The monoisotopic (exact) mass is 316 g/mol. The summed E-state index contributed by atoms with van der Waals surface area (Å²) < 4.78 is 10.1. The zero-order valence-electron chi connectivity index (χ0n) is 11.0. The van der Waals surface area contributed by atoms with E-state index in [0.717, 1.165) is 0 Å². The van der Waals surface area contributed by atoms with Gasteiger partial charge in [0.15, 0.2) is 6.10 Å². The molecule has 0 aromatic heterocycles. The molecule has 0 saturated carbocycles. The fourth-order valence-corrected chi connectivity index (χ4v) is 1.94. The van der Waals surface area contributed by atoms with Crippen LogP contribution >= 0.6 is 0 Å². The summed E-state index contributed by atoms with van der Waals surface area (Å²) in [6.07, 6.45) is -8.56. The Bertz CT molecular complexity index is 520. The molecule has 1 aliphatic rings. The zero-order chi connectivity index (χ0) is 16.4. The van der Waals surface area contributed by atoms with E-state index in [4.69, 9.17) is 19.8 Å². The van der Waals surface area contributed by atoms with Gasteiger partial charge in [-0.2, -0.15) is 0 Å². The van der Waals surface area contributed by atoms with E-state index >= 15 is 0 Å². The lowest BCUT2D eigenvalue weighted by molar-refractivity contribution is -0.271. The van der Waals surface area contributed by atoms with Crippen LogP contribution < -0.4 is 9.96 Å². The molecule has 22 heavy (non-hydrogen) atoms. The van der Waals surface area contributed by atoms with Crippen molar-refractivity contribution < 1.29 is 39.9 Å². The number of carbonyl (C=O) groups is 1. The van der Waals surface area contributed by atoms with Gasteiger partial charge in [-0.15, -0.1) is 0 Å². The number of rotatable bonds is 4. The van der Waals surface area contributed by atoms with E-state index in [2.05, 4.69) is 0 Å². The molecule has 0 radical (unpaired) electrons. The van der Waals surface area contributed by atoms with E-state index in [9.17, 15) is 25.3 Å². The maximum Gasteiger partial charge on any atom is 0.335 e. The lowest BCUT2D eigenvalue weighted by Gasteiger charge is -2.38. The Morgan fingerprint density at radius 3 is 2.23 bits per heavy atom. The Labute approximate surface area is 123 Å². The fraction of sp³-hybridized carbons (Fsp3) is 0.417. The highest BCUT2D eigenvalue weighted by atomic mass is 16.8. The first kappa shape index (κ1) is 16.4. The molecule has 122 valence electrons. The second-order valence-electron chi connectivity index (χ2n) is 4.62. The molecule has 10 nitrogen and oxygen atoms in total. The van der Waals surface area contributed by atoms with E-state index in [1.807, 2.05) is 0 Å². The van der Waals surface area contributed by atoms with E-state index in [-0.39, 0.29) is 16.7 Å². The molecule has 1 aliphatic heterocycles. The molecule has 10 heteroatoms. The van der Waals surface area contributed by atoms with Crippen molar-refractivity contribution in [1.29, 1.82) is 0 Å². The molecule has 2 rings (SSSR count). The number of carboxylic acids is 1. The van der Waals surface area contributed by atoms with Gasteiger partial charge in [-0.3, -0.25) is 5.21 Å². The number of ether oxygens (including phenoxy) is 2. The highest BCUT2D eigenvalue weighted by Gasteiger charge is 2.48. The van der Waals surface area contributed by atoms with Crippen LogP contribution in [-0.4, -0.2) is 62.3 Å². The first-order valence-corrected chi connectivity index (χ1v) is 6.16. The summed E-state index contributed by atoms with van der Waals surface area (Å²) in [4.78, 5) is 10.9. The number of nitrogens with zero attached hydrogens (tertiary/aromatic N) is 1. The fourth-order valence-electron chi connectivity index (χ4n) is 1.94. The average Bonchev–Trinajstić information content (AvgIpc) is 2.48. The van der Waals surface area contributed by atoms with Crippen LogP contribution in [-0.2, 0) is 9.53 Å². The molecule has 0 bridgehead atoms. The molecular weight excluding hydrogens is 302 g/mol. The minimum absolute atomic E-state index is 0.0728. The van der Waals surface area contributed by atoms with Gasteiger partial charge in [-0.05, 0) is 24.3 Å². The third kappa shape index (κ3) is 3.27. The third-order valence-electron chi connectivity index (χ3n) is 3.12. The van der Waals surface area contributed by atoms with Crippen LogP contribution in [0.3, 0.4) is 0 Å². The molecule has 0 unspecified atom stereocenters. The van der Waals surface area contributed by atoms with Gasteiger partial charge in [-0.1, -0.05) is 0 Å². The van der Waals surface area contributed by atoms with Gasteiger partial charge < -0.3 is 40.3 Å². The van der Waals surface area contributed by atoms with Crippen molar-refractivity contribution >= 4 is 11.7 Å². The van der Waals surface area contributed by atoms with Crippen molar-refractivity contribution in [1.82, 2.24) is 0 Å². The SMILES string of the molecule is O=C(O)[C@@H]1O[C@H](Oc2ccc(N([O-])O)cc2)[C@@H](O)[C@H](O)[C@@H]1O. The maximum absolute atomic E-state index is 10.9. The molecule has 0 amide bonds. The number of benzene rings is 1. The largest absolute Gasteiger partial charge is 0.733 e. The van der Waals surface area contributed by atoms with E-state index in [1.165, 1.54) is 24.3 Å². The van der Waals surface area contributed by atoms with Crippen LogP contribution in [0.2, 0.25) is 0 Å². The van der Waals surface area contributed by atoms with Crippen LogP contribution in [0.4, 0.5) is 5.69 Å². The van der Waals surface area contributed by atoms with Crippen LogP contribution in [0.1, 0.15) is 0 Å². The minimum Gasteiger partial charge on any atom is -0.733 e. The van der Waals surface area contributed by atoms with E-state index in [1.54, 1.807) is 0 Å². The van der Waals surface area contributed by atoms with Gasteiger partial charge in [0.1, 0.15) is 24.1 Å². The maximum atomic E-state index is 10.9. The molecule has 1 saturated heterocycles. The van der Waals surface area contributed by atoms with Crippen LogP contribution in [0.15, 0.2) is 24.3 Å². The Morgan fingerprint density at radius 1 is 1.14 bits per heavy atom. The quantitative estimate of drug-likeness (QED) is 0.420. The van der Waals surface area contributed by atoms with Crippen LogP contribution in [0.5, 0.6) is 5.75 Å². The van der Waals surface area contributed by atoms with Crippen molar-refractivity contribution in [2.75, 3.05) is 5.23 Å². The number of hydrogen-bond donors (Lipinski definition) is 5. The molecule has 1 heterocycles. The molecule has 1 aromatic rings. The van der Waals surface area contributed by atoms with Crippen molar-refractivity contribution in [3.05, 3.63) is 29.5 Å². The van der Waals surface area contributed by atoms with Gasteiger partial charge in [0.25, 0.3) is 0 Å². The Morgan fingerprint density at radius 2 is 1.73 bits per heavy atom. The van der Waals surface area contributed by atoms with Crippen LogP contribution in [0, 0.1) is 5.21 Å². The summed E-state index contributed by atoms with van der Waals surface area (Å²) >= 11 is 0. The number of carboxylic acid groups (broad SMARTS) is 1. The first-order valence-electron chi connectivity index (χ1n) is 6.16. The predicted octanol–water partition coefficient (Wildman–Crippen LogP) is -1.35. The summed E-state index contributed by atoms with van der Waals surface area (Å²) in [5, 5.41) is 56.8. The van der Waals surface area contributed by atoms with Crippen molar-refractivity contribution in [2.45, 2.75) is 30.7 Å². The van der Waals surface area contributed by atoms with Gasteiger partial charge in [0.05, 0.1) is 5.69 Å². The molecule has 1 aromatic carbocycles. The number of aliphatic hydroxyl groups excluding tert-OH is 3. The minimum atomic E-state index is -1.81. The van der Waals surface area contributed by atoms with Gasteiger partial charge in [0, 0.05) is 0 Å². The summed E-state index contributed by atoms with van der Waals surface area (Å²) in [5.74, 6) is -1.44. The third-order valence-corrected chi connectivity index (χ3v) is 3.12. The lowest BCUT2D eigenvalue weighted by Crippen LogP contribution is -2.61. The summed E-state index contributed by atoms with van der Waals surface area (Å²) in [6.45, 7) is 0. The number of aliphatic carboxylic acids is 1. The lowest BCUT2D eigenvalue weighted by atomic mass is 9.99. The topological polar surface area (TPSA) is 163 Å². The predicted molar refractivity (Wildman–Crippen MR) is 69.0 cm³/mol. The molecule has 5 atom stereocenters. The van der Waals surface area contributed by atoms with Gasteiger partial charge in [0.2, 0.25) is 6.29 Å². The molecule has 0 aliphatic carbocycles. The average molecular weight is 316 g/mol. The van der Waals surface area contributed by atoms with E-state index in [0.29, 0.717) is 0 Å². The number of anilines is 1. The summed E-state index contributed by atoms with van der Waals surface area (Å²) in [5.41, 5.74) is -0.0728. The molecule has 0 spiro atoms. The van der Waals surface area contributed by atoms with Crippen molar-refractivity contribution in [3.63, 3.8) is 0 Å². The normalized spacial score (nSPS) is 31.6. The van der Waals surface area contributed by atoms with E-state index < -0.39 is 36.7 Å². The van der Waals surface area contributed by atoms with Crippen molar-refractivity contribution in [2.24, 2.45) is 0 Å². The first-order chi connectivity index (χ1) is 10.3. The summed E-state index contributed by atoms with van der Waals surface area (Å²) in [7, 11) is 0. The number of hydrogen-bond acceptors (Lipinski definition) is 9. The Kier molecular flexibility index (Phi) is 4.81. The Hall–Kier alpha value is -1.95. The number of aliphatic hydroxyl groups is 3. The molecule has 1 fully saturated rings. The summed E-state index contributed by atoms with van der Waals surface area (Å²) in [6, 6.07) is 4.94. The standard InChI is InChI=1S/C12H14NO9/c14-7-8(15)10(11(17)18)22-12(9(7)16)21-6-3-1-5(2-4-6)13(19)20/h1-4,7-10,12,14-16,19H,(H,17,18)/q-1/t7-,8+,9+,10-,12+/m1/s1. The molecule has 5 N–H and O–H groups in total. The zero-order valence-corrected chi connectivity index (χ0v) is 11.0. The highest BCUT2D eigenvalue weighted by molar-refractivity contribution is 5.73. The van der Waals surface area contributed by atoms with Crippen LogP contribution in [0.25, 0.3) is 0 Å². The highest BCUT2D eigenvalue weighted by Crippen LogP contribution is 2.25.